The number of unbranched alkanes of at least 4 members (excludes halogenated alkanes) is 5. The maximum Gasteiger partial charge on any atom is 0.162 e. The Balaban J connectivity index is 1.68. The van der Waals surface area contributed by atoms with E-state index in [2.05, 4.69) is 6.92 Å². The summed E-state index contributed by atoms with van der Waals surface area (Å²) in [4.78, 5) is 0. The third kappa shape index (κ3) is 3.05. The van der Waals surface area contributed by atoms with Crippen LogP contribution in [0, 0.1) is 5.92 Å². The minimum absolute atomic E-state index is 0.0429. The van der Waals surface area contributed by atoms with Crippen LogP contribution in [0.4, 0.5) is 0 Å². The van der Waals surface area contributed by atoms with Gasteiger partial charge in [-0.2, -0.15) is 0 Å². The first-order valence-electron chi connectivity index (χ1n) is 7.31. The Morgan fingerprint density at radius 3 is 2.50 bits per heavy atom. The molecule has 2 rings (SSSR count). The molecule has 0 aromatic carbocycles. The molecule has 2 saturated heterocycles. The molecule has 0 amide bonds. The van der Waals surface area contributed by atoms with Gasteiger partial charge < -0.3 is 19.7 Å². The second kappa shape index (κ2) is 6.33. The Labute approximate surface area is 109 Å². The van der Waals surface area contributed by atoms with Gasteiger partial charge in [-0.25, -0.2) is 0 Å². The van der Waals surface area contributed by atoms with Crippen molar-refractivity contribution in [3.8, 4) is 0 Å². The molecule has 2 N–H and O–H groups in total. The summed E-state index contributed by atoms with van der Waals surface area (Å²) >= 11 is 0. The highest BCUT2D eigenvalue weighted by molar-refractivity contribution is 5.01. The van der Waals surface area contributed by atoms with E-state index in [4.69, 9.17) is 9.47 Å². The Bertz CT molecular complexity index is 258. The molecule has 2 aliphatic rings. The van der Waals surface area contributed by atoms with E-state index in [0.717, 1.165) is 12.8 Å². The topological polar surface area (TPSA) is 58.9 Å². The van der Waals surface area contributed by atoms with Crippen LogP contribution in [0.15, 0.2) is 0 Å². The van der Waals surface area contributed by atoms with Crippen molar-refractivity contribution in [3.05, 3.63) is 0 Å². The predicted molar refractivity (Wildman–Crippen MR) is 68.1 cm³/mol. The smallest absolute Gasteiger partial charge is 0.162 e. The van der Waals surface area contributed by atoms with Gasteiger partial charge in [0, 0.05) is 0 Å². The number of ether oxygens (including phenoxy) is 2. The predicted octanol–water partition coefficient (Wildman–Crippen LogP) is 1.83. The minimum atomic E-state index is -0.952. The van der Waals surface area contributed by atoms with Crippen molar-refractivity contribution in [1.82, 2.24) is 0 Å². The van der Waals surface area contributed by atoms with Crippen molar-refractivity contribution in [1.29, 1.82) is 0 Å². The van der Waals surface area contributed by atoms with Gasteiger partial charge in [-0.3, -0.25) is 0 Å². The summed E-state index contributed by atoms with van der Waals surface area (Å²) in [6.45, 7) is 2.72. The SMILES string of the molecule is CCCCCCCC[C@H]1OC[C@]2(O)CO[C@@H](O)[C@H]12. The van der Waals surface area contributed by atoms with E-state index in [-0.39, 0.29) is 18.6 Å². The number of fused-ring (bicyclic) bond motifs is 1. The summed E-state index contributed by atoms with van der Waals surface area (Å²) < 4.78 is 10.8. The molecule has 0 aliphatic carbocycles. The zero-order valence-corrected chi connectivity index (χ0v) is 11.3. The van der Waals surface area contributed by atoms with Crippen LogP contribution in [-0.4, -0.2) is 41.4 Å². The van der Waals surface area contributed by atoms with Gasteiger partial charge in [-0.15, -0.1) is 0 Å². The lowest BCUT2D eigenvalue weighted by molar-refractivity contribution is -0.109. The van der Waals surface area contributed by atoms with Crippen molar-refractivity contribution in [2.45, 2.75) is 69.9 Å². The molecule has 0 aromatic heterocycles. The summed E-state index contributed by atoms with van der Waals surface area (Å²) in [5.41, 5.74) is -0.952. The first kappa shape index (κ1) is 14.3. The fourth-order valence-corrected chi connectivity index (χ4v) is 3.11. The molecule has 2 heterocycles. The average Bonchev–Trinajstić information content (AvgIpc) is 2.83. The molecule has 0 unspecified atom stereocenters. The molecule has 4 atom stereocenters. The van der Waals surface area contributed by atoms with Gasteiger partial charge in [0.15, 0.2) is 6.29 Å². The van der Waals surface area contributed by atoms with Crippen molar-refractivity contribution in [2.24, 2.45) is 5.92 Å². The minimum Gasteiger partial charge on any atom is -0.384 e. The Hall–Kier alpha value is -0.160. The normalized spacial score (nSPS) is 39.2. The van der Waals surface area contributed by atoms with Crippen LogP contribution >= 0.6 is 0 Å². The molecule has 4 heteroatoms. The molecule has 0 saturated carbocycles. The highest BCUT2D eigenvalue weighted by Gasteiger charge is 2.56. The third-order valence-electron chi connectivity index (χ3n) is 4.22. The molecule has 106 valence electrons. The molecule has 2 aliphatic heterocycles. The van der Waals surface area contributed by atoms with Gasteiger partial charge >= 0.3 is 0 Å². The van der Waals surface area contributed by atoms with Crippen LogP contribution in [-0.2, 0) is 9.47 Å². The van der Waals surface area contributed by atoms with E-state index in [1.54, 1.807) is 0 Å². The van der Waals surface area contributed by atoms with E-state index >= 15 is 0 Å². The summed E-state index contributed by atoms with van der Waals surface area (Å²) in [6, 6.07) is 0. The van der Waals surface area contributed by atoms with Gasteiger partial charge in [0.1, 0.15) is 5.60 Å². The van der Waals surface area contributed by atoms with Crippen LogP contribution in [0.3, 0.4) is 0 Å². The second-order valence-corrected chi connectivity index (χ2v) is 5.74. The first-order chi connectivity index (χ1) is 8.67. The zero-order valence-electron chi connectivity index (χ0n) is 11.3. The number of hydrogen-bond donors (Lipinski definition) is 2. The molecule has 0 aromatic rings. The maximum absolute atomic E-state index is 10.2. The lowest BCUT2D eigenvalue weighted by atomic mass is 9.86. The van der Waals surface area contributed by atoms with Gasteiger partial charge in [0.2, 0.25) is 0 Å². The molecule has 0 bridgehead atoms. The first-order valence-corrected chi connectivity index (χ1v) is 7.31. The number of hydrogen-bond acceptors (Lipinski definition) is 4. The summed E-state index contributed by atoms with van der Waals surface area (Å²) in [5, 5.41) is 20.0. The fourth-order valence-electron chi connectivity index (χ4n) is 3.11. The molecular weight excluding hydrogens is 232 g/mol. The Morgan fingerprint density at radius 1 is 1.06 bits per heavy atom. The van der Waals surface area contributed by atoms with Crippen molar-refractivity contribution < 1.29 is 19.7 Å². The van der Waals surface area contributed by atoms with E-state index in [0.29, 0.717) is 6.61 Å². The standard InChI is InChI=1S/C14H26O4/c1-2-3-4-5-6-7-8-11-12-13(15)18-10-14(12,16)9-17-11/h11-13,15-16H,2-10H2,1H3/t11-,12+,13-,14+/m1/s1. The summed E-state index contributed by atoms with van der Waals surface area (Å²) in [7, 11) is 0. The third-order valence-corrected chi connectivity index (χ3v) is 4.22. The average molecular weight is 258 g/mol. The second-order valence-electron chi connectivity index (χ2n) is 5.74. The van der Waals surface area contributed by atoms with Crippen molar-refractivity contribution in [2.75, 3.05) is 13.2 Å². The van der Waals surface area contributed by atoms with Crippen molar-refractivity contribution in [3.63, 3.8) is 0 Å². The van der Waals surface area contributed by atoms with Crippen LogP contribution in [0.1, 0.15) is 51.9 Å². The van der Waals surface area contributed by atoms with Gasteiger partial charge in [0.05, 0.1) is 25.2 Å². The van der Waals surface area contributed by atoms with Crippen LogP contribution < -0.4 is 0 Å². The number of rotatable bonds is 7. The summed E-state index contributed by atoms with van der Waals surface area (Å²) in [5.74, 6) is -0.256. The number of aliphatic hydroxyl groups excluding tert-OH is 1. The highest BCUT2D eigenvalue weighted by atomic mass is 16.6. The fraction of sp³-hybridized carbons (Fsp3) is 1.00. The molecule has 18 heavy (non-hydrogen) atoms. The van der Waals surface area contributed by atoms with E-state index < -0.39 is 11.9 Å². The largest absolute Gasteiger partial charge is 0.384 e. The molecular formula is C14H26O4. The van der Waals surface area contributed by atoms with Crippen LogP contribution in [0.25, 0.3) is 0 Å². The van der Waals surface area contributed by atoms with E-state index in [1.807, 2.05) is 0 Å². The monoisotopic (exact) mass is 258 g/mol. The quantitative estimate of drug-likeness (QED) is 0.684. The van der Waals surface area contributed by atoms with Crippen molar-refractivity contribution >= 4 is 0 Å². The van der Waals surface area contributed by atoms with Gasteiger partial charge in [-0.1, -0.05) is 45.4 Å². The Morgan fingerprint density at radius 2 is 1.72 bits per heavy atom. The Kier molecular flexibility index (Phi) is 5.01. The molecule has 0 spiro atoms. The lowest BCUT2D eigenvalue weighted by Crippen LogP contribution is -2.40. The lowest BCUT2D eigenvalue weighted by Gasteiger charge is -2.22. The van der Waals surface area contributed by atoms with E-state index in [9.17, 15) is 10.2 Å². The highest BCUT2D eigenvalue weighted by Crippen LogP contribution is 2.41. The molecule has 0 radical (unpaired) electrons. The van der Waals surface area contributed by atoms with E-state index in [1.165, 1.54) is 32.1 Å². The van der Waals surface area contributed by atoms with Gasteiger partial charge in [-0.05, 0) is 6.42 Å². The maximum atomic E-state index is 10.2. The molecule has 4 nitrogen and oxygen atoms in total. The summed E-state index contributed by atoms with van der Waals surface area (Å²) in [6.07, 6.45) is 7.49. The zero-order chi connectivity index (χ0) is 13.0. The van der Waals surface area contributed by atoms with Gasteiger partial charge in [0.25, 0.3) is 0 Å². The van der Waals surface area contributed by atoms with Crippen LogP contribution in [0.5, 0.6) is 0 Å². The molecule has 2 fully saturated rings. The number of aliphatic hydroxyl groups is 2. The van der Waals surface area contributed by atoms with Crippen LogP contribution in [0.2, 0.25) is 0 Å².